The fraction of sp³-hybridized carbons (Fsp3) is 0.632. The van der Waals surface area contributed by atoms with Crippen LogP contribution >= 0.6 is 0 Å². The Bertz CT molecular complexity index is 4410. The summed E-state index contributed by atoms with van der Waals surface area (Å²) in [6.07, 6.45) is 4.76. The van der Waals surface area contributed by atoms with Crippen LogP contribution in [0.2, 0.25) is 0 Å². The Morgan fingerprint density at radius 1 is 0.220 bits per heavy atom. The van der Waals surface area contributed by atoms with Crippen molar-refractivity contribution in [3.8, 4) is 34.5 Å². The molecule has 7 rings (SSSR count). The Balaban J connectivity index is 1.99. The first-order chi connectivity index (χ1) is 60.5. The van der Waals surface area contributed by atoms with Crippen LogP contribution in [-0.4, -0.2) is 145 Å². The van der Waals surface area contributed by atoms with Crippen LogP contribution in [0.4, 0.5) is 0 Å². The Hall–Kier alpha value is -9.06. The topological polar surface area (TPSA) is 228 Å². The number of amides is 3. The standard InChI is InChI=1S/C114H171N3O15/c1-37-115(38-2)91(118)61-127-97-73-43-79-55-88(112(31,32)70-106(16,17)18)57-81(100(79)130-64-94(121)122)45-75-51-86(110(27,28)68-104(10,11)12)53-77(98(75)128-62-92(119)116(39-3)40-4)47-83-59-90(114(35,36)72-108(22,23)24)60-84(102(83)132-66-96(125)126)48-78-54-87(111(29,30)69-105(13,14)15)52-76(99(78)129-63-93(120)117(41-5)42-6)46-82-58-89(113(33,34)71-107(19,20)21)56-80(101(82)131-65-95(123)124)44-74(97)50-85(49-73)109(25,26)67-103(7,8)9/h49-60H,37-48,61-72H2,1-36H3,(H,121,122)(H,123,124)(H,125,126). The van der Waals surface area contributed by atoms with Crippen LogP contribution in [0.5, 0.6) is 34.5 Å². The van der Waals surface area contributed by atoms with E-state index in [9.17, 15) is 29.7 Å². The number of likely N-dealkylation sites (N-methyl/N-ethyl adjacent to an activating group) is 3. The van der Waals surface area contributed by atoms with Gasteiger partial charge in [0.2, 0.25) is 0 Å². The number of ether oxygens (including phenoxy) is 6. The molecule has 0 saturated heterocycles. The van der Waals surface area contributed by atoms with Gasteiger partial charge >= 0.3 is 17.9 Å². The molecule has 0 aliphatic heterocycles. The first-order valence-corrected chi connectivity index (χ1v) is 48.7. The molecule has 18 heteroatoms. The number of carboxylic acids is 3. The highest BCUT2D eigenvalue weighted by molar-refractivity contribution is 5.79. The largest absolute Gasteiger partial charge is 0.483 e. The van der Waals surface area contributed by atoms with Gasteiger partial charge in [0.05, 0.1) is 0 Å². The second-order valence-electron chi connectivity index (χ2n) is 49.1. The summed E-state index contributed by atoms with van der Waals surface area (Å²) in [5.74, 6) is -2.11. The van der Waals surface area contributed by atoms with E-state index in [1.165, 1.54) is 0 Å². The minimum absolute atomic E-state index is 0.0771. The molecule has 0 unspecified atom stereocenters. The van der Waals surface area contributed by atoms with Crippen molar-refractivity contribution in [1.82, 2.24) is 14.7 Å². The zero-order chi connectivity index (χ0) is 99.8. The van der Waals surface area contributed by atoms with Crippen LogP contribution in [0.25, 0.3) is 0 Å². The molecule has 18 nitrogen and oxygen atoms in total. The monoisotopic (exact) mass is 1820 g/mol. The minimum atomic E-state index is -1.20. The summed E-state index contributed by atoms with van der Waals surface area (Å²) in [7, 11) is 0. The molecule has 6 aromatic rings. The van der Waals surface area contributed by atoms with E-state index in [1.54, 1.807) is 14.7 Å². The maximum absolute atomic E-state index is 15.0. The Morgan fingerprint density at radius 3 is 0.432 bits per heavy atom. The van der Waals surface area contributed by atoms with Crippen LogP contribution in [0.15, 0.2) is 72.8 Å². The van der Waals surface area contributed by atoms with Crippen LogP contribution < -0.4 is 28.4 Å². The highest BCUT2D eigenvalue weighted by Gasteiger charge is 2.40. The number of hydrogen-bond donors (Lipinski definition) is 3. The SMILES string of the molecule is CCN(CC)C(=O)COc1c2cc(C(C)(C)CC(C)(C)C)cc1Cc1cc(C(C)(C)CC(C)(C)C)cc(c1OCC(=O)O)Cc1cc(C(C)(C)CC(C)(C)C)cc(c1OCC(=O)N(CC)CC)Cc1cc(C(C)(C)CC(C)(C)C)cc(c1OCC(=O)O)Cc1cc(C(C)(C)CC(C)(C)C)cc(c1OCC(=O)N(CC)CC)Cc1cc(C(C)(C)CC(C)(C)C)cc(c1OCC(=O)O)C2. The van der Waals surface area contributed by atoms with E-state index < -0.39 is 70.2 Å². The molecular formula is C114H171N3O15. The van der Waals surface area contributed by atoms with Gasteiger partial charge in [0, 0.05) is 77.8 Å². The maximum atomic E-state index is 15.0. The van der Waals surface area contributed by atoms with Gasteiger partial charge in [-0.05, 0) is 245 Å². The molecule has 0 heterocycles. The lowest BCUT2D eigenvalue weighted by Gasteiger charge is -2.36. The number of carbonyl (C=O) groups is 6. The van der Waals surface area contributed by atoms with Crippen LogP contribution in [0.3, 0.4) is 0 Å². The van der Waals surface area contributed by atoms with Gasteiger partial charge in [-0.3, -0.25) is 14.4 Å². The minimum Gasteiger partial charge on any atom is -0.483 e. The fourth-order valence-corrected chi connectivity index (χ4v) is 22.2. The zero-order valence-corrected chi connectivity index (χ0v) is 88.5. The summed E-state index contributed by atoms with van der Waals surface area (Å²) in [5.41, 5.74) is 9.00. The molecule has 0 aromatic heterocycles. The molecule has 12 bridgehead atoms. The van der Waals surface area contributed by atoms with E-state index in [1.807, 2.05) is 41.5 Å². The summed E-state index contributed by atoms with van der Waals surface area (Å²) in [4.78, 5) is 91.3. The number of rotatable bonds is 36. The molecule has 3 amide bonds. The van der Waals surface area contributed by atoms with Gasteiger partial charge in [-0.2, -0.15) is 0 Å². The Labute approximate surface area is 795 Å². The summed E-state index contributed by atoms with van der Waals surface area (Å²) in [6.45, 7) is 78.2. The third-order valence-corrected chi connectivity index (χ3v) is 25.7. The van der Waals surface area contributed by atoms with Crippen molar-refractivity contribution in [3.63, 3.8) is 0 Å². The molecule has 1 aliphatic rings. The van der Waals surface area contributed by atoms with Crippen LogP contribution in [-0.2, 0) is 99.8 Å². The summed E-state index contributed by atoms with van der Waals surface area (Å²) < 4.78 is 43.3. The van der Waals surface area contributed by atoms with Crippen molar-refractivity contribution in [2.75, 3.05) is 78.9 Å². The number of aliphatic carboxylic acids is 3. The number of hydrogen-bond acceptors (Lipinski definition) is 12. The molecule has 0 fully saturated rings. The van der Waals surface area contributed by atoms with Crippen molar-refractivity contribution in [1.29, 1.82) is 0 Å². The van der Waals surface area contributed by atoms with Gasteiger partial charge < -0.3 is 58.4 Å². The van der Waals surface area contributed by atoms with Gasteiger partial charge in [-0.25, -0.2) is 14.4 Å². The predicted octanol–water partition coefficient (Wildman–Crippen LogP) is 25.0. The lowest BCUT2D eigenvalue weighted by atomic mass is 9.70. The van der Waals surface area contributed by atoms with E-state index in [0.29, 0.717) is 160 Å². The Morgan fingerprint density at radius 2 is 0.333 bits per heavy atom. The molecule has 6 aromatic carbocycles. The lowest BCUT2D eigenvalue weighted by molar-refractivity contribution is -0.140. The highest BCUT2D eigenvalue weighted by Crippen LogP contribution is 2.52. The first-order valence-electron chi connectivity index (χ1n) is 48.7. The number of benzene rings is 6. The Kier molecular flexibility index (Phi) is 35.7. The first kappa shape index (κ1) is 110. The van der Waals surface area contributed by atoms with Gasteiger partial charge in [0.1, 0.15) is 34.5 Å². The second kappa shape index (κ2) is 42.9. The van der Waals surface area contributed by atoms with Crippen LogP contribution in [0, 0.1) is 32.5 Å². The van der Waals surface area contributed by atoms with E-state index >= 15 is 14.4 Å². The van der Waals surface area contributed by atoms with E-state index in [4.69, 9.17) is 28.4 Å². The summed E-state index contributed by atoms with van der Waals surface area (Å²) >= 11 is 0. The molecule has 3 N–H and O–H groups in total. The van der Waals surface area contributed by atoms with Gasteiger partial charge in [-0.1, -0.05) is 281 Å². The maximum Gasteiger partial charge on any atom is 0.341 e. The van der Waals surface area contributed by atoms with Gasteiger partial charge in [0.25, 0.3) is 17.7 Å². The van der Waals surface area contributed by atoms with Crippen molar-refractivity contribution in [2.45, 2.75) is 359 Å². The normalized spacial score (nSPS) is 13.6. The van der Waals surface area contributed by atoms with E-state index in [-0.39, 0.29) is 109 Å². The molecule has 0 radical (unpaired) electrons. The number of fused-ring (bicyclic) bond motifs is 12. The average Bonchev–Trinajstić information content (AvgIpc) is 0.773. The third-order valence-electron chi connectivity index (χ3n) is 25.7. The van der Waals surface area contributed by atoms with E-state index in [2.05, 4.69) is 281 Å². The van der Waals surface area contributed by atoms with Crippen molar-refractivity contribution >= 4 is 35.6 Å². The molecule has 1 aliphatic carbocycles. The molecule has 132 heavy (non-hydrogen) atoms. The second-order valence-corrected chi connectivity index (χ2v) is 49.1. The number of nitrogens with zero attached hydrogens (tertiary/aromatic N) is 3. The molecule has 0 atom stereocenters. The summed E-state index contributed by atoms with van der Waals surface area (Å²) in [6, 6.07) is 26.2. The number of carboxylic acid groups (broad SMARTS) is 3. The van der Waals surface area contributed by atoms with Crippen molar-refractivity contribution in [3.05, 3.63) is 173 Å². The van der Waals surface area contributed by atoms with Crippen LogP contribution in [0.1, 0.15) is 388 Å². The average molecular weight is 1820 g/mol. The zero-order valence-electron chi connectivity index (χ0n) is 88.5. The molecule has 0 saturated carbocycles. The lowest BCUT2D eigenvalue weighted by Crippen LogP contribution is -2.34. The smallest absolute Gasteiger partial charge is 0.341 e. The van der Waals surface area contributed by atoms with Crippen molar-refractivity contribution in [2.24, 2.45) is 32.5 Å². The fourth-order valence-electron chi connectivity index (χ4n) is 22.2. The van der Waals surface area contributed by atoms with Gasteiger partial charge in [-0.15, -0.1) is 0 Å². The summed E-state index contributed by atoms with van der Waals surface area (Å²) in [5, 5.41) is 33.4. The van der Waals surface area contributed by atoms with E-state index in [0.717, 1.165) is 52.6 Å². The van der Waals surface area contributed by atoms with Crippen molar-refractivity contribution < 1.29 is 72.5 Å². The predicted molar refractivity (Wildman–Crippen MR) is 538 cm³/mol. The molecular weight excluding hydrogens is 1650 g/mol. The quantitative estimate of drug-likeness (QED) is 0.0332. The third kappa shape index (κ3) is 31.0. The highest BCUT2D eigenvalue weighted by atomic mass is 16.5. The van der Waals surface area contributed by atoms with Gasteiger partial charge in [0.15, 0.2) is 39.6 Å². The number of carbonyl (C=O) groups excluding carboxylic acids is 3. The molecule has 732 valence electrons. The molecule has 0 spiro atoms.